The fraction of sp³-hybridized carbons (Fsp3) is 1.00. The van der Waals surface area contributed by atoms with Crippen LogP contribution in [0.25, 0.3) is 0 Å². The summed E-state index contributed by atoms with van der Waals surface area (Å²) in [6.07, 6.45) is -1.50. The van der Waals surface area contributed by atoms with Gasteiger partial charge in [-0.05, 0) is 0 Å². The van der Waals surface area contributed by atoms with Crippen molar-refractivity contribution in [3.63, 3.8) is 0 Å². The maximum atomic E-state index is 9.21. The van der Waals surface area contributed by atoms with Crippen LogP contribution in [0.5, 0.6) is 0 Å². The molecule has 0 aromatic heterocycles. The molecule has 5 heteroatoms. The summed E-state index contributed by atoms with van der Waals surface area (Å²) in [5, 5.41) is 35.6. The Labute approximate surface area is 70.9 Å². The van der Waals surface area contributed by atoms with Crippen molar-refractivity contribution in [1.82, 2.24) is 4.90 Å². The van der Waals surface area contributed by atoms with E-state index in [1.165, 1.54) is 0 Å². The van der Waals surface area contributed by atoms with Gasteiger partial charge in [-0.25, -0.2) is 0 Å². The highest BCUT2D eigenvalue weighted by Crippen LogP contribution is 2.20. The van der Waals surface area contributed by atoms with E-state index in [2.05, 4.69) is 0 Å². The summed E-state index contributed by atoms with van der Waals surface area (Å²) in [4.78, 5) is 1.74. The van der Waals surface area contributed by atoms with Gasteiger partial charge in [-0.1, -0.05) is 0 Å². The molecule has 0 amide bonds. The molecule has 1 rings (SSSR count). The molecule has 0 saturated carbocycles. The molecule has 1 fully saturated rings. The SMILES string of the molecule is OCCN1CC(O)C1C(O)CO. The van der Waals surface area contributed by atoms with Crippen LogP contribution >= 0.6 is 0 Å². The minimum absolute atomic E-state index is 0.00136. The fourth-order valence-corrected chi connectivity index (χ4v) is 1.55. The zero-order chi connectivity index (χ0) is 9.14. The van der Waals surface area contributed by atoms with E-state index in [1.54, 1.807) is 4.90 Å². The van der Waals surface area contributed by atoms with Crippen molar-refractivity contribution >= 4 is 0 Å². The maximum absolute atomic E-state index is 9.21. The van der Waals surface area contributed by atoms with Crippen molar-refractivity contribution in [3.05, 3.63) is 0 Å². The van der Waals surface area contributed by atoms with Crippen LogP contribution in [0.4, 0.5) is 0 Å². The number of β-amino-alcohol motifs (C(OH)–C–C–N with tert-alkyl or cyclic N) is 2. The first kappa shape index (κ1) is 9.88. The number of hydrogen-bond donors (Lipinski definition) is 4. The Kier molecular flexibility index (Phi) is 3.42. The predicted molar refractivity (Wildman–Crippen MR) is 41.5 cm³/mol. The van der Waals surface area contributed by atoms with Crippen LogP contribution in [0.2, 0.25) is 0 Å². The first-order valence-electron chi connectivity index (χ1n) is 4.02. The summed E-state index contributed by atoms with van der Waals surface area (Å²) < 4.78 is 0. The van der Waals surface area contributed by atoms with Gasteiger partial charge in [0.05, 0.1) is 31.5 Å². The van der Waals surface area contributed by atoms with Crippen LogP contribution in [0.15, 0.2) is 0 Å². The smallest absolute Gasteiger partial charge is 0.0951 e. The van der Waals surface area contributed by atoms with E-state index in [-0.39, 0.29) is 13.2 Å². The Morgan fingerprint density at radius 2 is 2.08 bits per heavy atom. The Morgan fingerprint density at radius 3 is 2.50 bits per heavy atom. The lowest BCUT2D eigenvalue weighted by Crippen LogP contribution is -2.66. The summed E-state index contributed by atoms with van der Waals surface area (Å²) in [5.74, 6) is 0. The number of aliphatic hydroxyl groups excluding tert-OH is 4. The van der Waals surface area contributed by atoms with E-state index in [0.717, 1.165) is 0 Å². The predicted octanol–water partition coefficient (Wildman–Crippen LogP) is -2.62. The van der Waals surface area contributed by atoms with Gasteiger partial charge < -0.3 is 20.4 Å². The molecule has 3 unspecified atom stereocenters. The fourth-order valence-electron chi connectivity index (χ4n) is 1.55. The topological polar surface area (TPSA) is 84.2 Å². The number of likely N-dealkylation sites (tertiary alicyclic amines) is 1. The van der Waals surface area contributed by atoms with Crippen LogP contribution in [-0.4, -0.2) is 69.9 Å². The second-order valence-corrected chi connectivity index (χ2v) is 3.03. The second-order valence-electron chi connectivity index (χ2n) is 3.03. The molecule has 1 saturated heterocycles. The third-order valence-corrected chi connectivity index (χ3v) is 2.21. The molecule has 3 atom stereocenters. The van der Waals surface area contributed by atoms with Gasteiger partial charge in [0.15, 0.2) is 0 Å². The van der Waals surface area contributed by atoms with E-state index >= 15 is 0 Å². The van der Waals surface area contributed by atoms with E-state index in [0.29, 0.717) is 13.1 Å². The summed E-state index contributed by atoms with van der Waals surface area (Å²) in [6.45, 7) is 0.534. The molecule has 0 aliphatic carbocycles. The first-order chi connectivity index (χ1) is 5.70. The minimum Gasteiger partial charge on any atom is -0.395 e. The van der Waals surface area contributed by atoms with Crippen molar-refractivity contribution in [2.24, 2.45) is 0 Å². The summed E-state index contributed by atoms with van der Waals surface area (Å²) in [7, 11) is 0. The van der Waals surface area contributed by atoms with E-state index in [4.69, 9.17) is 10.2 Å². The van der Waals surface area contributed by atoms with Crippen LogP contribution in [0.3, 0.4) is 0 Å². The minimum atomic E-state index is -0.916. The molecule has 0 spiro atoms. The molecule has 1 heterocycles. The summed E-state index contributed by atoms with van der Waals surface area (Å²) >= 11 is 0. The zero-order valence-corrected chi connectivity index (χ0v) is 6.80. The van der Waals surface area contributed by atoms with Gasteiger partial charge in [0.1, 0.15) is 0 Å². The second kappa shape index (κ2) is 4.15. The summed E-state index contributed by atoms with van der Waals surface area (Å²) in [5.41, 5.74) is 0. The zero-order valence-electron chi connectivity index (χ0n) is 6.80. The summed E-state index contributed by atoms with van der Waals surface area (Å²) in [6, 6.07) is -0.415. The van der Waals surface area contributed by atoms with Crippen molar-refractivity contribution in [3.8, 4) is 0 Å². The molecule has 1 aliphatic heterocycles. The van der Waals surface area contributed by atoms with Crippen molar-refractivity contribution in [1.29, 1.82) is 0 Å². The Morgan fingerprint density at radius 1 is 1.42 bits per heavy atom. The molecule has 5 nitrogen and oxygen atoms in total. The third-order valence-electron chi connectivity index (χ3n) is 2.21. The van der Waals surface area contributed by atoms with Crippen molar-refractivity contribution in [2.75, 3.05) is 26.3 Å². The number of aliphatic hydroxyl groups is 4. The van der Waals surface area contributed by atoms with Crippen molar-refractivity contribution < 1.29 is 20.4 Å². The molecule has 4 N–H and O–H groups in total. The Hall–Kier alpha value is -0.200. The molecule has 72 valence electrons. The first-order valence-corrected chi connectivity index (χ1v) is 4.02. The Bertz CT molecular complexity index is 141. The van der Waals surface area contributed by atoms with E-state index < -0.39 is 18.2 Å². The maximum Gasteiger partial charge on any atom is 0.0951 e. The molecular formula is C7H15NO4. The van der Waals surface area contributed by atoms with Gasteiger partial charge in [0, 0.05) is 13.1 Å². The van der Waals surface area contributed by atoms with Crippen LogP contribution in [-0.2, 0) is 0 Å². The van der Waals surface area contributed by atoms with Gasteiger partial charge in [0.2, 0.25) is 0 Å². The van der Waals surface area contributed by atoms with Gasteiger partial charge in [-0.2, -0.15) is 0 Å². The molecule has 1 aliphatic rings. The van der Waals surface area contributed by atoms with Crippen molar-refractivity contribution in [2.45, 2.75) is 18.2 Å². The quantitative estimate of drug-likeness (QED) is 0.378. The normalized spacial score (nSPS) is 33.0. The molecule has 0 aromatic rings. The van der Waals surface area contributed by atoms with Crippen LogP contribution in [0, 0.1) is 0 Å². The highest BCUT2D eigenvalue weighted by atomic mass is 16.3. The van der Waals surface area contributed by atoms with Gasteiger partial charge in [-0.15, -0.1) is 0 Å². The standard InChI is InChI=1S/C7H15NO4/c9-2-1-8-3-5(11)7(8)6(12)4-10/h5-7,9-12H,1-4H2. The molecule has 0 radical (unpaired) electrons. The molecule has 12 heavy (non-hydrogen) atoms. The molecule has 0 aromatic carbocycles. The lowest BCUT2D eigenvalue weighted by atomic mass is 9.94. The van der Waals surface area contributed by atoms with Gasteiger partial charge in [0.25, 0.3) is 0 Å². The lowest BCUT2D eigenvalue weighted by molar-refractivity contribution is -0.126. The average molecular weight is 177 g/mol. The van der Waals surface area contributed by atoms with Crippen LogP contribution in [0.1, 0.15) is 0 Å². The third kappa shape index (κ3) is 1.75. The monoisotopic (exact) mass is 177 g/mol. The number of hydrogen-bond acceptors (Lipinski definition) is 5. The Balaban J connectivity index is 2.38. The molecule has 0 bridgehead atoms. The van der Waals surface area contributed by atoms with Gasteiger partial charge >= 0.3 is 0 Å². The van der Waals surface area contributed by atoms with Crippen LogP contribution < -0.4 is 0 Å². The average Bonchev–Trinajstić information content (AvgIpc) is 2.03. The largest absolute Gasteiger partial charge is 0.395 e. The van der Waals surface area contributed by atoms with E-state index in [1.807, 2.05) is 0 Å². The van der Waals surface area contributed by atoms with Gasteiger partial charge in [-0.3, -0.25) is 4.90 Å². The number of nitrogens with zero attached hydrogens (tertiary/aromatic N) is 1. The highest BCUT2D eigenvalue weighted by molar-refractivity contribution is 4.95. The van der Waals surface area contributed by atoms with E-state index in [9.17, 15) is 10.2 Å². The molecular weight excluding hydrogens is 162 g/mol. The highest BCUT2D eigenvalue weighted by Gasteiger charge is 2.41. The lowest BCUT2D eigenvalue weighted by Gasteiger charge is -2.47. The number of rotatable bonds is 4.